The van der Waals surface area contributed by atoms with Crippen molar-refractivity contribution in [1.82, 2.24) is 15.3 Å². The molecule has 0 amide bonds. The van der Waals surface area contributed by atoms with Crippen LogP contribution < -0.4 is 5.32 Å². The number of methoxy groups -OCH3 is 1. The van der Waals surface area contributed by atoms with Gasteiger partial charge in [0.1, 0.15) is 5.01 Å². The van der Waals surface area contributed by atoms with E-state index in [1.54, 1.807) is 24.6 Å². The van der Waals surface area contributed by atoms with Gasteiger partial charge in [-0.25, -0.2) is 4.98 Å². The molecule has 0 saturated carbocycles. The summed E-state index contributed by atoms with van der Waals surface area (Å²) in [4.78, 5) is 10.0. The molecule has 0 spiro atoms. The number of thiazole rings is 1. The summed E-state index contributed by atoms with van der Waals surface area (Å²) in [5.74, 6) is 0. The third-order valence-electron chi connectivity index (χ3n) is 2.64. The van der Waals surface area contributed by atoms with Crippen LogP contribution in [0.1, 0.15) is 24.4 Å². The Morgan fingerprint density at radius 2 is 2.26 bits per heavy atom. The summed E-state index contributed by atoms with van der Waals surface area (Å²) in [6.45, 7) is 5.65. The topological polar surface area (TPSA) is 47.0 Å². The monoisotopic (exact) mass is 277 g/mol. The molecular formula is C14H19N3OS. The van der Waals surface area contributed by atoms with Crippen molar-refractivity contribution < 1.29 is 4.74 Å². The van der Waals surface area contributed by atoms with Gasteiger partial charge in [0.15, 0.2) is 0 Å². The third kappa shape index (κ3) is 3.83. The number of nitrogens with one attached hydrogen (secondary N) is 1. The van der Waals surface area contributed by atoms with Gasteiger partial charge in [0.2, 0.25) is 0 Å². The molecule has 0 saturated heterocycles. The molecular weight excluding hydrogens is 258 g/mol. The SMILES string of the molecule is COCc1nc(-c2cccnc2)sc1CNC(C)C. The van der Waals surface area contributed by atoms with E-state index in [0.717, 1.165) is 22.8 Å². The van der Waals surface area contributed by atoms with Crippen LogP contribution in [0.2, 0.25) is 0 Å². The first-order valence-corrected chi connectivity index (χ1v) is 7.13. The van der Waals surface area contributed by atoms with Gasteiger partial charge in [-0.2, -0.15) is 0 Å². The second-order valence-electron chi connectivity index (χ2n) is 4.60. The average molecular weight is 277 g/mol. The number of pyridine rings is 1. The lowest BCUT2D eigenvalue weighted by molar-refractivity contribution is 0.181. The maximum atomic E-state index is 5.23. The van der Waals surface area contributed by atoms with Gasteiger partial charge >= 0.3 is 0 Å². The minimum Gasteiger partial charge on any atom is -0.378 e. The number of hydrogen-bond acceptors (Lipinski definition) is 5. The van der Waals surface area contributed by atoms with Gasteiger partial charge in [-0.05, 0) is 12.1 Å². The first kappa shape index (κ1) is 14.1. The molecule has 0 unspecified atom stereocenters. The molecule has 0 aliphatic heterocycles. The Balaban J connectivity index is 2.24. The molecule has 1 N–H and O–H groups in total. The Morgan fingerprint density at radius 3 is 2.89 bits per heavy atom. The number of hydrogen-bond donors (Lipinski definition) is 1. The largest absolute Gasteiger partial charge is 0.378 e. The van der Waals surface area contributed by atoms with Gasteiger partial charge in [-0.1, -0.05) is 13.8 Å². The van der Waals surface area contributed by atoms with E-state index in [4.69, 9.17) is 4.74 Å². The van der Waals surface area contributed by atoms with Crippen LogP contribution in [-0.4, -0.2) is 23.1 Å². The van der Waals surface area contributed by atoms with Crippen molar-refractivity contribution in [2.24, 2.45) is 0 Å². The van der Waals surface area contributed by atoms with Crippen molar-refractivity contribution in [2.45, 2.75) is 33.0 Å². The van der Waals surface area contributed by atoms with Crippen molar-refractivity contribution in [3.8, 4) is 10.6 Å². The minimum absolute atomic E-state index is 0.458. The van der Waals surface area contributed by atoms with Crippen LogP contribution in [0.3, 0.4) is 0 Å². The van der Waals surface area contributed by atoms with Gasteiger partial charge < -0.3 is 10.1 Å². The maximum absolute atomic E-state index is 5.23. The van der Waals surface area contributed by atoms with Crippen molar-refractivity contribution in [1.29, 1.82) is 0 Å². The molecule has 0 atom stereocenters. The smallest absolute Gasteiger partial charge is 0.125 e. The Hall–Kier alpha value is -1.30. The molecule has 5 heteroatoms. The number of nitrogens with zero attached hydrogens (tertiary/aromatic N) is 2. The normalized spacial score (nSPS) is 11.2. The molecule has 4 nitrogen and oxygen atoms in total. The maximum Gasteiger partial charge on any atom is 0.125 e. The lowest BCUT2D eigenvalue weighted by Gasteiger charge is -2.07. The quantitative estimate of drug-likeness (QED) is 0.882. The molecule has 0 radical (unpaired) electrons. The first-order chi connectivity index (χ1) is 9.20. The molecule has 0 aromatic carbocycles. The van der Waals surface area contributed by atoms with Gasteiger partial charge in [-0.15, -0.1) is 11.3 Å². The van der Waals surface area contributed by atoms with Crippen LogP contribution in [0.25, 0.3) is 10.6 Å². The van der Waals surface area contributed by atoms with Gasteiger partial charge in [0, 0.05) is 42.5 Å². The summed E-state index contributed by atoms with van der Waals surface area (Å²) < 4.78 is 5.23. The zero-order valence-corrected chi connectivity index (χ0v) is 12.3. The Bertz CT molecular complexity index is 511. The standard InChI is InChI=1S/C14H19N3OS/c1-10(2)16-8-13-12(9-18-3)17-14(19-13)11-5-4-6-15-7-11/h4-7,10,16H,8-9H2,1-3H3. The molecule has 102 valence electrons. The van der Waals surface area contributed by atoms with E-state index >= 15 is 0 Å². The number of aromatic nitrogens is 2. The molecule has 2 rings (SSSR count). The summed E-state index contributed by atoms with van der Waals surface area (Å²) in [6.07, 6.45) is 3.61. The van der Waals surface area contributed by atoms with Gasteiger partial charge in [0.25, 0.3) is 0 Å². The van der Waals surface area contributed by atoms with Crippen molar-refractivity contribution >= 4 is 11.3 Å². The Kier molecular flexibility index (Phi) is 5.01. The van der Waals surface area contributed by atoms with E-state index in [1.165, 1.54) is 4.88 Å². The highest BCUT2D eigenvalue weighted by Gasteiger charge is 2.12. The van der Waals surface area contributed by atoms with E-state index in [2.05, 4.69) is 29.1 Å². The van der Waals surface area contributed by atoms with E-state index in [1.807, 2.05) is 18.3 Å². The lowest BCUT2D eigenvalue weighted by atomic mass is 10.3. The molecule has 19 heavy (non-hydrogen) atoms. The second-order valence-corrected chi connectivity index (χ2v) is 5.68. The highest BCUT2D eigenvalue weighted by Crippen LogP contribution is 2.28. The predicted molar refractivity (Wildman–Crippen MR) is 78.0 cm³/mol. The average Bonchev–Trinajstić information content (AvgIpc) is 2.81. The van der Waals surface area contributed by atoms with Crippen LogP contribution in [0.4, 0.5) is 0 Å². The molecule has 2 aromatic heterocycles. The summed E-state index contributed by atoms with van der Waals surface area (Å²) in [5.41, 5.74) is 2.07. The summed E-state index contributed by atoms with van der Waals surface area (Å²) in [5, 5.41) is 4.43. The lowest BCUT2D eigenvalue weighted by Crippen LogP contribution is -2.21. The molecule has 0 bridgehead atoms. The molecule has 0 aliphatic rings. The van der Waals surface area contributed by atoms with Crippen LogP contribution in [0.15, 0.2) is 24.5 Å². The fourth-order valence-electron chi connectivity index (χ4n) is 1.68. The summed E-state index contributed by atoms with van der Waals surface area (Å²) in [7, 11) is 1.70. The highest BCUT2D eigenvalue weighted by atomic mass is 32.1. The zero-order chi connectivity index (χ0) is 13.7. The van der Waals surface area contributed by atoms with Crippen LogP contribution in [-0.2, 0) is 17.9 Å². The molecule has 0 fully saturated rings. The van der Waals surface area contributed by atoms with E-state index < -0.39 is 0 Å². The third-order valence-corrected chi connectivity index (χ3v) is 3.79. The molecule has 0 aliphatic carbocycles. The molecule has 2 aromatic rings. The number of rotatable bonds is 6. The zero-order valence-electron chi connectivity index (χ0n) is 11.5. The minimum atomic E-state index is 0.458. The Morgan fingerprint density at radius 1 is 1.42 bits per heavy atom. The van der Waals surface area contributed by atoms with Gasteiger partial charge in [-0.3, -0.25) is 4.98 Å². The van der Waals surface area contributed by atoms with Crippen molar-refractivity contribution in [3.05, 3.63) is 35.1 Å². The van der Waals surface area contributed by atoms with Crippen molar-refractivity contribution in [3.63, 3.8) is 0 Å². The van der Waals surface area contributed by atoms with Gasteiger partial charge in [0.05, 0.1) is 12.3 Å². The van der Waals surface area contributed by atoms with Crippen LogP contribution >= 0.6 is 11.3 Å². The van der Waals surface area contributed by atoms with Crippen molar-refractivity contribution in [2.75, 3.05) is 7.11 Å². The van der Waals surface area contributed by atoms with E-state index in [0.29, 0.717) is 12.6 Å². The van der Waals surface area contributed by atoms with E-state index in [-0.39, 0.29) is 0 Å². The predicted octanol–water partition coefficient (Wildman–Crippen LogP) is 2.85. The fraction of sp³-hybridized carbons (Fsp3) is 0.429. The van der Waals surface area contributed by atoms with E-state index in [9.17, 15) is 0 Å². The fourth-order valence-corrected chi connectivity index (χ4v) is 2.69. The highest BCUT2D eigenvalue weighted by molar-refractivity contribution is 7.15. The second kappa shape index (κ2) is 6.75. The number of ether oxygens (including phenoxy) is 1. The van der Waals surface area contributed by atoms with Crippen LogP contribution in [0.5, 0.6) is 0 Å². The van der Waals surface area contributed by atoms with Crippen LogP contribution in [0, 0.1) is 0 Å². The summed E-state index contributed by atoms with van der Waals surface area (Å²) in [6, 6.07) is 4.42. The molecule has 2 heterocycles. The summed E-state index contributed by atoms with van der Waals surface area (Å²) >= 11 is 1.70. The first-order valence-electron chi connectivity index (χ1n) is 6.32. The Labute approximate surface area is 117 Å².